The molecule has 1 fully saturated rings. The first kappa shape index (κ1) is 15.2. The Morgan fingerprint density at radius 3 is 2.81 bits per heavy atom. The van der Waals surface area contributed by atoms with Crippen LogP contribution in [0.2, 0.25) is 0 Å². The smallest absolute Gasteiger partial charge is 0.270 e. The van der Waals surface area contributed by atoms with E-state index in [1.165, 1.54) is 31.0 Å². The summed E-state index contributed by atoms with van der Waals surface area (Å²) in [5, 5.41) is 13.5. The Labute approximate surface area is 122 Å². The summed E-state index contributed by atoms with van der Waals surface area (Å²) in [5.41, 5.74) is 2.75. The van der Waals surface area contributed by atoms with Crippen LogP contribution in [-0.2, 0) is 0 Å². The van der Waals surface area contributed by atoms with Crippen LogP contribution in [0.4, 0.5) is 11.4 Å². The molecule has 0 aliphatic heterocycles. The van der Waals surface area contributed by atoms with Crippen LogP contribution in [0.5, 0.6) is 0 Å². The largest absolute Gasteiger partial charge is 0.351 e. The molecule has 0 aromatic heterocycles. The summed E-state index contributed by atoms with van der Waals surface area (Å²) in [6, 6.07) is 4.56. The lowest BCUT2D eigenvalue weighted by Gasteiger charge is -2.16. The van der Waals surface area contributed by atoms with Crippen molar-refractivity contribution in [1.29, 1.82) is 0 Å². The molecule has 1 aromatic rings. The first-order valence-electron chi connectivity index (χ1n) is 6.76. The van der Waals surface area contributed by atoms with Crippen LogP contribution >= 0.6 is 0 Å². The van der Waals surface area contributed by atoms with Crippen LogP contribution in [-0.4, -0.2) is 41.9 Å². The van der Waals surface area contributed by atoms with E-state index in [4.69, 9.17) is 5.84 Å². The standard InChI is InChI=1S/C13H19N5O3/c1-17(9-2-3-9)7-6-15-13(19)11-8-10(18(20)21)4-5-12(11)16-14/h4-5,8-9,16H,2-3,6-7,14H2,1H3,(H,15,19). The van der Waals surface area contributed by atoms with Gasteiger partial charge in [0.05, 0.1) is 16.2 Å². The molecule has 2 rings (SSSR count). The number of nitrogens with one attached hydrogen (secondary N) is 2. The third-order valence-corrected chi connectivity index (χ3v) is 3.53. The number of hydrogen-bond donors (Lipinski definition) is 3. The number of carbonyl (C=O) groups is 1. The zero-order valence-corrected chi connectivity index (χ0v) is 11.8. The predicted octanol–water partition coefficient (Wildman–Crippen LogP) is 0.704. The molecule has 0 bridgehead atoms. The molecule has 1 saturated carbocycles. The van der Waals surface area contributed by atoms with Gasteiger partial charge in [-0.1, -0.05) is 0 Å². The van der Waals surface area contributed by atoms with Crippen molar-refractivity contribution in [2.75, 3.05) is 25.6 Å². The highest BCUT2D eigenvalue weighted by Crippen LogP contribution is 2.24. The van der Waals surface area contributed by atoms with E-state index in [1.807, 2.05) is 7.05 Å². The molecule has 114 valence electrons. The lowest BCUT2D eigenvalue weighted by molar-refractivity contribution is -0.384. The number of carbonyl (C=O) groups excluding carboxylic acids is 1. The molecule has 0 saturated heterocycles. The summed E-state index contributed by atoms with van der Waals surface area (Å²) >= 11 is 0. The number of nitro groups is 1. The SMILES string of the molecule is CN(CCNC(=O)c1cc([N+](=O)[O-])ccc1NN)C1CC1. The monoisotopic (exact) mass is 293 g/mol. The maximum absolute atomic E-state index is 12.1. The number of hydrazine groups is 1. The third-order valence-electron chi connectivity index (χ3n) is 3.53. The van der Waals surface area contributed by atoms with Crippen LogP contribution in [0.3, 0.4) is 0 Å². The molecule has 1 aliphatic carbocycles. The fraction of sp³-hybridized carbons (Fsp3) is 0.462. The molecule has 0 unspecified atom stereocenters. The number of nitro benzene ring substituents is 1. The van der Waals surface area contributed by atoms with Crippen molar-refractivity contribution in [1.82, 2.24) is 10.2 Å². The molecule has 0 atom stereocenters. The highest BCUT2D eigenvalue weighted by Gasteiger charge is 2.25. The normalized spacial score (nSPS) is 14.0. The van der Waals surface area contributed by atoms with E-state index in [0.717, 1.165) is 6.54 Å². The van der Waals surface area contributed by atoms with E-state index in [-0.39, 0.29) is 17.2 Å². The fourth-order valence-corrected chi connectivity index (χ4v) is 2.10. The number of nitrogen functional groups attached to an aromatic ring is 1. The summed E-state index contributed by atoms with van der Waals surface area (Å²) < 4.78 is 0. The minimum atomic E-state index is -0.544. The molecule has 0 radical (unpaired) electrons. The van der Waals surface area contributed by atoms with Gasteiger partial charge in [-0.15, -0.1) is 0 Å². The average molecular weight is 293 g/mol. The fourth-order valence-electron chi connectivity index (χ4n) is 2.10. The van der Waals surface area contributed by atoms with Crippen molar-refractivity contribution in [2.45, 2.75) is 18.9 Å². The highest BCUT2D eigenvalue weighted by atomic mass is 16.6. The molecule has 1 amide bonds. The first-order chi connectivity index (χ1) is 10.0. The zero-order valence-electron chi connectivity index (χ0n) is 11.8. The number of non-ortho nitro benzene ring substituents is 1. The van der Waals surface area contributed by atoms with Crippen LogP contribution in [0.25, 0.3) is 0 Å². The van der Waals surface area contributed by atoms with Crippen molar-refractivity contribution >= 4 is 17.3 Å². The number of anilines is 1. The summed E-state index contributed by atoms with van der Waals surface area (Å²) in [7, 11) is 2.02. The second-order valence-electron chi connectivity index (χ2n) is 5.10. The van der Waals surface area contributed by atoms with Gasteiger partial charge in [0.15, 0.2) is 0 Å². The Morgan fingerprint density at radius 1 is 1.52 bits per heavy atom. The van der Waals surface area contributed by atoms with Crippen molar-refractivity contribution in [3.8, 4) is 0 Å². The van der Waals surface area contributed by atoms with E-state index in [1.54, 1.807) is 0 Å². The number of amides is 1. The Kier molecular flexibility index (Phi) is 4.71. The number of nitrogens with two attached hydrogens (primary N) is 1. The van der Waals surface area contributed by atoms with Crippen molar-refractivity contribution < 1.29 is 9.72 Å². The Hall–Kier alpha value is -2.19. The van der Waals surface area contributed by atoms with Gasteiger partial charge in [0.2, 0.25) is 0 Å². The van der Waals surface area contributed by atoms with Crippen LogP contribution in [0, 0.1) is 10.1 Å². The summed E-state index contributed by atoms with van der Waals surface area (Å²) in [6.07, 6.45) is 2.41. The second-order valence-corrected chi connectivity index (χ2v) is 5.10. The van der Waals surface area contributed by atoms with E-state index < -0.39 is 4.92 Å². The number of rotatable bonds is 7. The van der Waals surface area contributed by atoms with Crippen molar-refractivity contribution in [3.63, 3.8) is 0 Å². The summed E-state index contributed by atoms with van der Waals surface area (Å²) in [5.74, 6) is 4.95. The van der Waals surface area contributed by atoms with Crippen molar-refractivity contribution in [2.24, 2.45) is 5.84 Å². The van der Waals surface area contributed by atoms with Gasteiger partial charge in [-0.05, 0) is 26.0 Å². The molecule has 1 aliphatic rings. The van der Waals surface area contributed by atoms with Gasteiger partial charge < -0.3 is 15.6 Å². The molecule has 8 nitrogen and oxygen atoms in total. The van der Waals surface area contributed by atoms with E-state index in [9.17, 15) is 14.9 Å². The van der Waals surface area contributed by atoms with Gasteiger partial charge in [-0.2, -0.15) is 0 Å². The Bertz CT molecular complexity index is 545. The van der Waals surface area contributed by atoms with E-state index in [2.05, 4.69) is 15.6 Å². The molecule has 4 N–H and O–H groups in total. The molecule has 0 heterocycles. The van der Waals surface area contributed by atoms with Crippen LogP contribution in [0.1, 0.15) is 23.2 Å². The summed E-state index contributed by atoms with van der Waals surface area (Å²) in [4.78, 5) is 24.5. The van der Waals surface area contributed by atoms with Gasteiger partial charge in [-0.3, -0.25) is 20.8 Å². The van der Waals surface area contributed by atoms with Gasteiger partial charge >= 0.3 is 0 Å². The highest BCUT2D eigenvalue weighted by molar-refractivity contribution is 6.00. The van der Waals surface area contributed by atoms with Gasteiger partial charge in [0.25, 0.3) is 11.6 Å². The van der Waals surface area contributed by atoms with Gasteiger partial charge in [0.1, 0.15) is 0 Å². The minimum Gasteiger partial charge on any atom is -0.351 e. The predicted molar refractivity (Wildman–Crippen MR) is 78.9 cm³/mol. The molecule has 1 aromatic carbocycles. The second kappa shape index (κ2) is 6.51. The lowest BCUT2D eigenvalue weighted by atomic mass is 10.1. The van der Waals surface area contributed by atoms with E-state index in [0.29, 0.717) is 18.3 Å². The van der Waals surface area contributed by atoms with Gasteiger partial charge in [0, 0.05) is 31.3 Å². The van der Waals surface area contributed by atoms with Crippen LogP contribution < -0.4 is 16.6 Å². The Morgan fingerprint density at radius 2 is 2.24 bits per heavy atom. The quantitative estimate of drug-likeness (QED) is 0.387. The van der Waals surface area contributed by atoms with Gasteiger partial charge in [-0.25, -0.2) is 0 Å². The number of hydrogen-bond acceptors (Lipinski definition) is 6. The molecular weight excluding hydrogens is 274 g/mol. The lowest BCUT2D eigenvalue weighted by Crippen LogP contribution is -2.34. The van der Waals surface area contributed by atoms with E-state index >= 15 is 0 Å². The average Bonchev–Trinajstić information content (AvgIpc) is 3.30. The molecular formula is C13H19N5O3. The maximum Gasteiger partial charge on any atom is 0.270 e. The maximum atomic E-state index is 12.1. The number of likely N-dealkylation sites (N-methyl/N-ethyl adjacent to an activating group) is 1. The number of benzene rings is 1. The minimum absolute atomic E-state index is 0.144. The van der Waals surface area contributed by atoms with Crippen LogP contribution in [0.15, 0.2) is 18.2 Å². The van der Waals surface area contributed by atoms with Crippen molar-refractivity contribution in [3.05, 3.63) is 33.9 Å². The molecule has 21 heavy (non-hydrogen) atoms. The topological polar surface area (TPSA) is 114 Å². The first-order valence-corrected chi connectivity index (χ1v) is 6.76. The Balaban J connectivity index is 1.99. The summed E-state index contributed by atoms with van der Waals surface area (Å²) in [6.45, 7) is 1.23. The molecule has 0 spiro atoms. The zero-order chi connectivity index (χ0) is 15.4. The number of nitrogens with zero attached hydrogens (tertiary/aromatic N) is 2. The molecule has 8 heteroatoms. The third kappa shape index (κ3) is 3.89.